The van der Waals surface area contributed by atoms with Gasteiger partial charge in [-0.2, -0.15) is 0 Å². The standard InChI is InChI=1S/C13H21N3O3S/c1-9-7-16(8-10(2)19-9)13-6-11(4-5-12(13)14)20(17,18)15-3/h4-6,9-10,15H,7-8,14H2,1-3H3. The van der Waals surface area contributed by atoms with E-state index in [2.05, 4.69) is 9.62 Å². The van der Waals surface area contributed by atoms with E-state index in [0.717, 1.165) is 5.69 Å². The molecule has 1 aromatic rings. The molecular formula is C13H21N3O3S. The maximum absolute atomic E-state index is 11.9. The van der Waals surface area contributed by atoms with E-state index < -0.39 is 10.0 Å². The average Bonchev–Trinajstić information content (AvgIpc) is 2.37. The average molecular weight is 299 g/mol. The third-order valence-corrected chi connectivity index (χ3v) is 4.75. The van der Waals surface area contributed by atoms with Gasteiger partial charge in [-0.1, -0.05) is 0 Å². The second-order valence-corrected chi connectivity index (χ2v) is 6.98. The minimum atomic E-state index is -3.47. The largest absolute Gasteiger partial charge is 0.397 e. The first-order chi connectivity index (χ1) is 9.33. The zero-order valence-corrected chi connectivity index (χ0v) is 12.8. The SMILES string of the molecule is CNS(=O)(=O)c1ccc(N)c(N2CC(C)OC(C)C2)c1. The Balaban J connectivity index is 2.38. The summed E-state index contributed by atoms with van der Waals surface area (Å²) in [5.41, 5.74) is 7.31. The van der Waals surface area contributed by atoms with Crippen LogP contribution in [0.15, 0.2) is 23.1 Å². The summed E-state index contributed by atoms with van der Waals surface area (Å²) in [6, 6.07) is 4.76. The minimum absolute atomic E-state index is 0.0858. The van der Waals surface area contributed by atoms with Gasteiger partial charge in [0.15, 0.2) is 0 Å². The number of hydrogen-bond acceptors (Lipinski definition) is 5. The Labute approximate surface area is 120 Å². The number of sulfonamides is 1. The Hall–Kier alpha value is -1.31. The molecule has 7 heteroatoms. The number of nitrogens with zero attached hydrogens (tertiary/aromatic N) is 1. The maximum Gasteiger partial charge on any atom is 0.240 e. The van der Waals surface area contributed by atoms with Crippen LogP contribution in [0.4, 0.5) is 11.4 Å². The van der Waals surface area contributed by atoms with E-state index in [-0.39, 0.29) is 17.1 Å². The van der Waals surface area contributed by atoms with E-state index in [1.54, 1.807) is 12.1 Å². The summed E-state index contributed by atoms with van der Waals surface area (Å²) in [5.74, 6) is 0. The topological polar surface area (TPSA) is 84.7 Å². The summed E-state index contributed by atoms with van der Waals surface area (Å²) < 4.78 is 31.8. The van der Waals surface area contributed by atoms with Gasteiger partial charge in [0.05, 0.1) is 28.5 Å². The zero-order valence-electron chi connectivity index (χ0n) is 12.0. The predicted octanol–water partition coefficient (Wildman–Crippen LogP) is 0.790. The number of rotatable bonds is 3. The Kier molecular flexibility index (Phi) is 4.22. The first-order valence-corrected chi connectivity index (χ1v) is 8.05. The summed E-state index contributed by atoms with van der Waals surface area (Å²) in [7, 11) is -2.07. The lowest BCUT2D eigenvalue weighted by Crippen LogP contribution is -2.45. The van der Waals surface area contributed by atoms with Crippen LogP contribution in [-0.2, 0) is 14.8 Å². The molecule has 2 unspecified atom stereocenters. The van der Waals surface area contributed by atoms with Crippen LogP contribution in [-0.4, -0.2) is 40.8 Å². The highest BCUT2D eigenvalue weighted by atomic mass is 32.2. The van der Waals surface area contributed by atoms with Crippen molar-refractivity contribution >= 4 is 21.4 Å². The number of nitrogens with two attached hydrogens (primary N) is 1. The lowest BCUT2D eigenvalue weighted by atomic mass is 10.2. The molecule has 1 aliphatic heterocycles. The van der Waals surface area contributed by atoms with Crippen LogP contribution in [0, 0.1) is 0 Å². The van der Waals surface area contributed by atoms with Crippen LogP contribution in [0.2, 0.25) is 0 Å². The van der Waals surface area contributed by atoms with Gasteiger partial charge in [-0.15, -0.1) is 0 Å². The summed E-state index contributed by atoms with van der Waals surface area (Å²) in [4.78, 5) is 2.29. The van der Waals surface area contributed by atoms with Gasteiger partial charge >= 0.3 is 0 Å². The third kappa shape index (κ3) is 3.05. The van der Waals surface area contributed by atoms with Crippen molar-refractivity contribution in [1.29, 1.82) is 0 Å². The molecule has 1 aromatic carbocycles. The molecule has 0 aromatic heterocycles. The van der Waals surface area contributed by atoms with Crippen molar-refractivity contribution in [3.63, 3.8) is 0 Å². The van der Waals surface area contributed by atoms with E-state index in [1.807, 2.05) is 13.8 Å². The molecule has 112 valence electrons. The van der Waals surface area contributed by atoms with Crippen molar-refractivity contribution in [2.75, 3.05) is 30.8 Å². The Morgan fingerprint density at radius 3 is 2.45 bits per heavy atom. The van der Waals surface area contributed by atoms with Crippen molar-refractivity contribution in [2.24, 2.45) is 0 Å². The highest BCUT2D eigenvalue weighted by Gasteiger charge is 2.24. The zero-order chi connectivity index (χ0) is 14.9. The molecular weight excluding hydrogens is 278 g/mol. The van der Waals surface area contributed by atoms with Crippen LogP contribution >= 0.6 is 0 Å². The molecule has 6 nitrogen and oxygen atoms in total. The van der Waals surface area contributed by atoms with Gasteiger partial charge in [0, 0.05) is 13.1 Å². The van der Waals surface area contributed by atoms with Gasteiger partial charge in [0.25, 0.3) is 0 Å². The number of morpholine rings is 1. The van der Waals surface area contributed by atoms with E-state index in [4.69, 9.17) is 10.5 Å². The summed E-state index contributed by atoms with van der Waals surface area (Å²) in [6.07, 6.45) is 0.172. The second-order valence-electron chi connectivity index (χ2n) is 5.09. The van der Waals surface area contributed by atoms with Gasteiger partial charge in [-0.3, -0.25) is 0 Å². The first-order valence-electron chi connectivity index (χ1n) is 6.57. The molecule has 1 aliphatic rings. The van der Waals surface area contributed by atoms with E-state index in [0.29, 0.717) is 18.8 Å². The molecule has 3 N–H and O–H groups in total. The van der Waals surface area contributed by atoms with Crippen LogP contribution in [0.3, 0.4) is 0 Å². The lowest BCUT2D eigenvalue weighted by molar-refractivity contribution is -0.00518. The van der Waals surface area contributed by atoms with Gasteiger partial charge in [-0.25, -0.2) is 13.1 Å². The van der Waals surface area contributed by atoms with Crippen molar-refractivity contribution in [1.82, 2.24) is 4.72 Å². The molecule has 0 saturated carbocycles. The highest BCUT2D eigenvalue weighted by molar-refractivity contribution is 7.89. The Morgan fingerprint density at radius 1 is 1.30 bits per heavy atom. The van der Waals surface area contributed by atoms with Gasteiger partial charge in [0.1, 0.15) is 0 Å². The van der Waals surface area contributed by atoms with Crippen molar-refractivity contribution in [2.45, 2.75) is 31.0 Å². The van der Waals surface area contributed by atoms with E-state index >= 15 is 0 Å². The third-order valence-electron chi connectivity index (χ3n) is 3.34. The first kappa shape index (κ1) is 15.1. The second kappa shape index (κ2) is 5.59. The smallest absolute Gasteiger partial charge is 0.240 e. The molecule has 2 atom stereocenters. The molecule has 0 bridgehead atoms. The molecule has 1 saturated heterocycles. The number of anilines is 2. The fourth-order valence-corrected chi connectivity index (χ4v) is 3.21. The Morgan fingerprint density at radius 2 is 1.90 bits per heavy atom. The summed E-state index contributed by atoms with van der Waals surface area (Å²) in [6.45, 7) is 5.37. The number of benzene rings is 1. The van der Waals surface area contributed by atoms with Crippen LogP contribution in [0.5, 0.6) is 0 Å². The van der Waals surface area contributed by atoms with Crippen LogP contribution in [0.1, 0.15) is 13.8 Å². The predicted molar refractivity (Wildman–Crippen MR) is 79.3 cm³/mol. The minimum Gasteiger partial charge on any atom is -0.397 e. The fraction of sp³-hybridized carbons (Fsp3) is 0.538. The van der Waals surface area contributed by atoms with Crippen LogP contribution < -0.4 is 15.4 Å². The molecule has 20 heavy (non-hydrogen) atoms. The summed E-state index contributed by atoms with van der Waals surface area (Å²) in [5, 5.41) is 0. The molecule has 0 radical (unpaired) electrons. The van der Waals surface area contributed by atoms with E-state index in [9.17, 15) is 8.42 Å². The fourth-order valence-electron chi connectivity index (χ4n) is 2.46. The molecule has 0 spiro atoms. The highest BCUT2D eigenvalue weighted by Crippen LogP contribution is 2.29. The van der Waals surface area contributed by atoms with Crippen LogP contribution in [0.25, 0.3) is 0 Å². The monoisotopic (exact) mass is 299 g/mol. The molecule has 0 amide bonds. The van der Waals surface area contributed by atoms with E-state index in [1.165, 1.54) is 13.1 Å². The number of nitrogen functional groups attached to an aromatic ring is 1. The molecule has 0 aliphatic carbocycles. The quantitative estimate of drug-likeness (QED) is 0.806. The molecule has 1 heterocycles. The van der Waals surface area contributed by atoms with Crippen molar-refractivity contribution in [3.8, 4) is 0 Å². The van der Waals surface area contributed by atoms with Gasteiger partial charge in [-0.05, 0) is 39.1 Å². The molecule has 2 rings (SSSR count). The van der Waals surface area contributed by atoms with Crippen molar-refractivity contribution in [3.05, 3.63) is 18.2 Å². The number of nitrogens with one attached hydrogen (secondary N) is 1. The van der Waals surface area contributed by atoms with Gasteiger partial charge in [0.2, 0.25) is 10.0 Å². The van der Waals surface area contributed by atoms with Gasteiger partial charge < -0.3 is 15.4 Å². The molecule has 1 fully saturated rings. The van der Waals surface area contributed by atoms with Crippen molar-refractivity contribution < 1.29 is 13.2 Å². The summed E-state index contributed by atoms with van der Waals surface area (Å²) >= 11 is 0. The Bertz CT molecular complexity index is 579. The lowest BCUT2D eigenvalue weighted by Gasteiger charge is -2.37. The maximum atomic E-state index is 11.9. The normalized spacial score (nSPS) is 23.9. The number of ether oxygens (including phenoxy) is 1. The number of hydrogen-bond donors (Lipinski definition) is 2.